The first kappa shape index (κ1) is 13.9. The van der Waals surface area contributed by atoms with Crippen LogP contribution in [-0.2, 0) is 11.8 Å². The van der Waals surface area contributed by atoms with Crippen molar-refractivity contribution in [3.8, 4) is 0 Å². The highest BCUT2D eigenvalue weighted by atomic mass is 32.2. The Morgan fingerprint density at radius 1 is 1.35 bits per heavy atom. The Bertz CT molecular complexity index is 570. The van der Waals surface area contributed by atoms with Crippen LogP contribution in [0.25, 0.3) is 6.08 Å². The summed E-state index contributed by atoms with van der Waals surface area (Å²) in [7, 11) is 1.98. The van der Waals surface area contributed by atoms with Crippen LogP contribution < -0.4 is 0 Å². The third-order valence-electron chi connectivity index (χ3n) is 4.03. The zero-order valence-corrected chi connectivity index (χ0v) is 13.2. The van der Waals surface area contributed by atoms with Gasteiger partial charge in [0.25, 0.3) is 5.91 Å². The molecule has 1 saturated carbocycles. The predicted molar refractivity (Wildman–Crippen MR) is 87.3 cm³/mol. The van der Waals surface area contributed by atoms with E-state index in [9.17, 15) is 4.79 Å². The molecule has 3 nitrogen and oxygen atoms in total. The first-order valence-electron chi connectivity index (χ1n) is 7.05. The molecule has 1 aromatic rings. The molecule has 0 bridgehead atoms. The fraction of sp³-hybridized carbons (Fsp3) is 0.467. The molecule has 0 N–H and O–H groups in total. The van der Waals surface area contributed by atoms with Crippen molar-refractivity contribution in [1.82, 2.24) is 9.47 Å². The van der Waals surface area contributed by atoms with E-state index >= 15 is 0 Å². The molecular formula is C15H18N2OS2. The van der Waals surface area contributed by atoms with Crippen LogP contribution in [0, 0.1) is 0 Å². The molecule has 106 valence electrons. The molecule has 1 saturated heterocycles. The van der Waals surface area contributed by atoms with E-state index < -0.39 is 0 Å². The summed E-state index contributed by atoms with van der Waals surface area (Å²) in [6.07, 6.45) is 9.80. The highest BCUT2D eigenvalue weighted by molar-refractivity contribution is 8.26. The van der Waals surface area contributed by atoms with Crippen molar-refractivity contribution < 1.29 is 4.79 Å². The van der Waals surface area contributed by atoms with Gasteiger partial charge in [0, 0.05) is 25.0 Å². The SMILES string of the molecule is Cn1cccc1/C=C1\SC(=S)N(C2CCCCC2)C1=O. The number of aryl methyl sites for hydroxylation is 1. The molecule has 5 heteroatoms. The Morgan fingerprint density at radius 3 is 2.75 bits per heavy atom. The summed E-state index contributed by atoms with van der Waals surface area (Å²) in [6, 6.07) is 4.30. The van der Waals surface area contributed by atoms with E-state index in [0.29, 0.717) is 6.04 Å². The lowest BCUT2D eigenvalue weighted by atomic mass is 9.94. The lowest BCUT2D eigenvalue weighted by Crippen LogP contribution is -2.39. The molecule has 1 amide bonds. The van der Waals surface area contributed by atoms with E-state index in [1.54, 1.807) is 0 Å². The number of carbonyl (C=O) groups is 1. The van der Waals surface area contributed by atoms with Gasteiger partial charge in [0.1, 0.15) is 4.32 Å². The Hall–Kier alpha value is -1.07. The Balaban J connectivity index is 1.83. The van der Waals surface area contributed by atoms with E-state index in [1.807, 2.05) is 40.9 Å². The van der Waals surface area contributed by atoms with Gasteiger partial charge in [0.15, 0.2) is 0 Å². The number of aromatic nitrogens is 1. The molecule has 1 aliphatic carbocycles. The molecule has 1 aromatic heterocycles. The van der Waals surface area contributed by atoms with Gasteiger partial charge in [-0.25, -0.2) is 0 Å². The lowest BCUT2D eigenvalue weighted by molar-refractivity contribution is -0.124. The van der Waals surface area contributed by atoms with E-state index in [4.69, 9.17) is 12.2 Å². The van der Waals surface area contributed by atoms with Crippen molar-refractivity contribution in [2.24, 2.45) is 7.05 Å². The zero-order valence-electron chi connectivity index (χ0n) is 11.5. The minimum atomic E-state index is 0.0908. The van der Waals surface area contributed by atoms with Crippen LogP contribution in [0.2, 0.25) is 0 Å². The van der Waals surface area contributed by atoms with Gasteiger partial charge in [-0.1, -0.05) is 43.2 Å². The Kier molecular flexibility index (Phi) is 3.98. The quantitative estimate of drug-likeness (QED) is 0.617. The van der Waals surface area contributed by atoms with Crippen LogP contribution >= 0.6 is 24.0 Å². The molecule has 0 unspecified atom stereocenters. The molecule has 2 heterocycles. The van der Waals surface area contributed by atoms with Crippen LogP contribution in [0.15, 0.2) is 23.2 Å². The molecule has 20 heavy (non-hydrogen) atoms. The fourth-order valence-electron chi connectivity index (χ4n) is 2.89. The molecule has 2 aliphatic rings. The number of nitrogens with zero attached hydrogens (tertiary/aromatic N) is 2. The third kappa shape index (κ3) is 2.56. The van der Waals surface area contributed by atoms with Gasteiger partial charge in [0.2, 0.25) is 0 Å². The van der Waals surface area contributed by atoms with Crippen molar-refractivity contribution in [2.45, 2.75) is 38.1 Å². The number of hydrogen-bond donors (Lipinski definition) is 0. The van der Waals surface area contributed by atoms with Gasteiger partial charge in [-0.3, -0.25) is 9.69 Å². The molecule has 3 rings (SSSR count). The summed E-state index contributed by atoms with van der Waals surface area (Å²) in [5, 5.41) is 0. The summed E-state index contributed by atoms with van der Waals surface area (Å²) in [5.74, 6) is 0.0908. The van der Waals surface area contributed by atoms with Crippen LogP contribution in [0.4, 0.5) is 0 Å². The van der Waals surface area contributed by atoms with Gasteiger partial charge in [0.05, 0.1) is 4.91 Å². The maximum atomic E-state index is 12.6. The van der Waals surface area contributed by atoms with E-state index in [-0.39, 0.29) is 5.91 Å². The summed E-state index contributed by atoms with van der Waals surface area (Å²) in [4.78, 5) is 15.2. The Labute approximate surface area is 129 Å². The van der Waals surface area contributed by atoms with Crippen LogP contribution in [0.1, 0.15) is 37.8 Å². The van der Waals surface area contributed by atoms with E-state index in [1.165, 1.54) is 31.0 Å². The van der Waals surface area contributed by atoms with Crippen LogP contribution in [0.5, 0.6) is 0 Å². The second-order valence-corrected chi connectivity index (χ2v) is 7.06. The highest BCUT2D eigenvalue weighted by Crippen LogP contribution is 2.37. The van der Waals surface area contributed by atoms with Crippen molar-refractivity contribution in [2.75, 3.05) is 0 Å². The maximum Gasteiger partial charge on any atom is 0.266 e. The van der Waals surface area contributed by atoms with Gasteiger partial charge >= 0.3 is 0 Å². The second-order valence-electron chi connectivity index (χ2n) is 5.39. The first-order chi connectivity index (χ1) is 9.66. The van der Waals surface area contributed by atoms with E-state index in [0.717, 1.165) is 27.8 Å². The predicted octanol–water partition coefficient (Wildman–Crippen LogP) is 3.56. The van der Waals surface area contributed by atoms with Crippen molar-refractivity contribution in [3.05, 3.63) is 28.9 Å². The number of hydrogen-bond acceptors (Lipinski definition) is 3. The minimum Gasteiger partial charge on any atom is -0.351 e. The van der Waals surface area contributed by atoms with Crippen molar-refractivity contribution in [3.63, 3.8) is 0 Å². The molecule has 2 fully saturated rings. The standard InChI is InChI=1S/C15H18N2OS2/c1-16-9-5-8-12(16)10-13-14(18)17(15(19)20-13)11-6-3-2-4-7-11/h5,8-11H,2-4,6-7H2,1H3/b13-10-. The maximum absolute atomic E-state index is 12.6. The summed E-state index contributed by atoms with van der Waals surface area (Å²) in [6.45, 7) is 0. The van der Waals surface area contributed by atoms with Gasteiger partial charge in [-0.15, -0.1) is 0 Å². The molecular weight excluding hydrogens is 288 g/mol. The number of rotatable bonds is 2. The average Bonchev–Trinajstić information content (AvgIpc) is 2.96. The van der Waals surface area contributed by atoms with Crippen molar-refractivity contribution in [1.29, 1.82) is 0 Å². The Morgan fingerprint density at radius 2 is 2.10 bits per heavy atom. The normalized spacial score (nSPS) is 23.1. The second kappa shape index (κ2) is 5.74. The number of thiocarbonyl (C=S) groups is 1. The topological polar surface area (TPSA) is 25.2 Å². The number of thioether (sulfide) groups is 1. The zero-order chi connectivity index (χ0) is 14.1. The number of amides is 1. The van der Waals surface area contributed by atoms with Crippen LogP contribution in [0.3, 0.4) is 0 Å². The highest BCUT2D eigenvalue weighted by Gasteiger charge is 2.37. The molecule has 0 atom stereocenters. The summed E-state index contributed by atoms with van der Waals surface area (Å²) < 4.78 is 2.73. The lowest BCUT2D eigenvalue weighted by Gasteiger charge is -2.29. The first-order valence-corrected chi connectivity index (χ1v) is 8.27. The fourth-order valence-corrected chi connectivity index (χ4v) is 4.28. The monoisotopic (exact) mass is 306 g/mol. The molecule has 0 radical (unpaired) electrons. The number of carbonyl (C=O) groups excluding carboxylic acids is 1. The smallest absolute Gasteiger partial charge is 0.266 e. The largest absolute Gasteiger partial charge is 0.351 e. The molecule has 1 aliphatic heterocycles. The minimum absolute atomic E-state index is 0.0908. The van der Waals surface area contributed by atoms with Crippen LogP contribution in [-0.4, -0.2) is 25.7 Å². The van der Waals surface area contributed by atoms with Gasteiger partial charge in [-0.05, 0) is 31.1 Å². The summed E-state index contributed by atoms with van der Waals surface area (Å²) >= 11 is 6.86. The van der Waals surface area contributed by atoms with Crippen molar-refractivity contribution >= 4 is 40.3 Å². The molecule has 0 spiro atoms. The molecule has 0 aromatic carbocycles. The van der Waals surface area contributed by atoms with Gasteiger partial charge < -0.3 is 4.57 Å². The average molecular weight is 306 g/mol. The summed E-state index contributed by atoms with van der Waals surface area (Å²) in [5.41, 5.74) is 1.04. The van der Waals surface area contributed by atoms with E-state index in [2.05, 4.69) is 0 Å². The van der Waals surface area contributed by atoms with Gasteiger partial charge in [-0.2, -0.15) is 0 Å². The third-order valence-corrected chi connectivity index (χ3v) is 5.36.